The van der Waals surface area contributed by atoms with Gasteiger partial charge in [0.25, 0.3) is 0 Å². The molecule has 1 aromatic carbocycles. The van der Waals surface area contributed by atoms with E-state index in [1.54, 1.807) is 6.07 Å². The number of hydrogen-bond acceptors (Lipinski definition) is 3. The van der Waals surface area contributed by atoms with Crippen LogP contribution >= 0.6 is 12.4 Å². The topological polar surface area (TPSA) is 70.2 Å². The number of rotatable bonds is 5. The second kappa shape index (κ2) is 7.95. The van der Waals surface area contributed by atoms with Crippen molar-refractivity contribution in [1.29, 1.82) is 0 Å². The zero-order chi connectivity index (χ0) is 14.5. The van der Waals surface area contributed by atoms with Gasteiger partial charge in [-0.1, -0.05) is 6.07 Å². The van der Waals surface area contributed by atoms with Crippen molar-refractivity contribution in [2.75, 3.05) is 25.5 Å². The molecule has 0 radical (unpaired) electrons. The molecule has 3 N–H and O–H groups in total. The van der Waals surface area contributed by atoms with Crippen LogP contribution in [0.2, 0.25) is 0 Å². The normalized spacial score (nSPS) is 16.5. The summed E-state index contributed by atoms with van der Waals surface area (Å²) in [6, 6.07) is 4.10. The largest absolute Gasteiger partial charge is 0.356 e. The highest BCUT2D eigenvalue weighted by atomic mass is 35.5. The number of halogens is 2. The lowest BCUT2D eigenvalue weighted by atomic mass is 9.89. The van der Waals surface area contributed by atoms with Crippen LogP contribution in [0.25, 0.3) is 0 Å². The van der Waals surface area contributed by atoms with Crippen LogP contribution in [-0.4, -0.2) is 32.0 Å². The molecular formula is C14H19ClFN3O2. The van der Waals surface area contributed by atoms with Gasteiger partial charge in [0.15, 0.2) is 0 Å². The molecule has 1 aliphatic heterocycles. The highest BCUT2D eigenvalue weighted by Crippen LogP contribution is 2.32. The molecule has 0 spiro atoms. The van der Waals surface area contributed by atoms with Crippen molar-refractivity contribution in [1.82, 2.24) is 10.6 Å². The Kier molecular flexibility index (Phi) is 6.58. The molecule has 1 unspecified atom stereocenters. The van der Waals surface area contributed by atoms with Crippen LogP contribution in [0.3, 0.4) is 0 Å². The molecule has 0 fully saturated rings. The summed E-state index contributed by atoms with van der Waals surface area (Å²) < 4.78 is 13.2. The highest BCUT2D eigenvalue weighted by Gasteiger charge is 2.30. The maximum absolute atomic E-state index is 13.2. The summed E-state index contributed by atoms with van der Waals surface area (Å²) in [5.74, 6) is -1.43. The first kappa shape index (κ1) is 17.4. The number of carbonyl (C=O) groups is 2. The average Bonchev–Trinajstić information content (AvgIpc) is 2.42. The van der Waals surface area contributed by atoms with E-state index in [0.717, 1.165) is 13.0 Å². The van der Waals surface area contributed by atoms with E-state index in [1.807, 2.05) is 7.05 Å². The van der Waals surface area contributed by atoms with Crippen molar-refractivity contribution in [2.24, 2.45) is 0 Å². The van der Waals surface area contributed by atoms with Crippen LogP contribution < -0.4 is 16.0 Å². The van der Waals surface area contributed by atoms with Gasteiger partial charge in [0.1, 0.15) is 5.82 Å². The fraction of sp³-hybridized carbons (Fsp3) is 0.429. The molecule has 1 atom stereocenters. The lowest BCUT2D eigenvalue weighted by Gasteiger charge is -2.24. The Labute approximate surface area is 129 Å². The van der Waals surface area contributed by atoms with Gasteiger partial charge in [-0.3, -0.25) is 9.59 Å². The maximum Gasteiger partial charge on any atom is 0.228 e. The zero-order valence-electron chi connectivity index (χ0n) is 11.7. The van der Waals surface area contributed by atoms with Crippen molar-refractivity contribution in [3.05, 3.63) is 29.6 Å². The van der Waals surface area contributed by atoms with Gasteiger partial charge >= 0.3 is 0 Å². The third-order valence-electron chi connectivity index (χ3n) is 3.27. The van der Waals surface area contributed by atoms with Crippen LogP contribution in [-0.2, 0) is 9.59 Å². The summed E-state index contributed by atoms with van der Waals surface area (Å²) >= 11 is 0. The standard InChI is InChI=1S/C14H18FN3O2.ClH/c1-16-5-2-6-17-14(20)11-8-13(19)18-12-7-9(15)3-4-10(11)12;/h3-4,7,11,16H,2,5-6,8H2,1H3,(H,17,20)(H,18,19);1H. The minimum absolute atomic E-state index is 0. The molecule has 116 valence electrons. The fourth-order valence-electron chi connectivity index (χ4n) is 2.27. The molecule has 7 heteroatoms. The van der Waals surface area contributed by atoms with Gasteiger partial charge in [0.05, 0.1) is 5.92 Å². The Morgan fingerprint density at radius 2 is 2.19 bits per heavy atom. The molecule has 5 nitrogen and oxygen atoms in total. The first-order chi connectivity index (χ1) is 9.61. The van der Waals surface area contributed by atoms with E-state index in [9.17, 15) is 14.0 Å². The van der Waals surface area contributed by atoms with E-state index in [2.05, 4.69) is 16.0 Å². The number of hydrogen-bond donors (Lipinski definition) is 3. The van der Waals surface area contributed by atoms with Gasteiger partial charge in [-0.15, -0.1) is 12.4 Å². The summed E-state index contributed by atoms with van der Waals surface area (Å²) in [7, 11) is 1.85. The lowest BCUT2D eigenvalue weighted by molar-refractivity contribution is -0.126. The Morgan fingerprint density at radius 1 is 1.43 bits per heavy atom. The van der Waals surface area contributed by atoms with E-state index in [4.69, 9.17) is 0 Å². The molecule has 2 rings (SSSR count). The van der Waals surface area contributed by atoms with E-state index in [0.29, 0.717) is 17.8 Å². The minimum Gasteiger partial charge on any atom is -0.356 e. The van der Waals surface area contributed by atoms with E-state index < -0.39 is 11.7 Å². The zero-order valence-corrected chi connectivity index (χ0v) is 12.6. The van der Waals surface area contributed by atoms with Crippen molar-refractivity contribution in [3.63, 3.8) is 0 Å². The fourth-order valence-corrected chi connectivity index (χ4v) is 2.27. The molecule has 0 saturated heterocycles. The molecule has 0 saturated carbocycles. The Hall–Kier alpha value is -1.66. The molecule has 1 aromatic rings. The summed E-state index contributed by atoms with van der Waals surface area (Å²) in [5.41, 5.74) is 1.05. The summed E-state index contributed by atoms with van der Waals surface area (Å²) in [6.07, 6.45) is 0.911. The van der Waals surface area contributed by atoms with E-state index in [-0.39, 0.29) is 30.6 Å². The number of carbonyl (C=O) groups excluding carboxylic acids is 2. The molecule has 21 heavy (non-hydrogen) atoms. The SMILES string of the molecule is CNCCCNC(=O)C1CC(=O)Nc2cc(F)ccc21.Cl. The summed E-state index contributed by atoms with van der Waals surface area (Å²) in [4.78, 5) is 23.8. The van der Waals surface area contributed by atoms with Gasteiger partial charge in [-0.05, 0) is 37.7 Å². The number of fused-ring (bicyclic) bond motifs is 1. The molecule has 1 heterocycles. The monoisotopic (exact) mass is 315 g/mol. The number of nitrogens with one attached hydrogen (secondary N) is 3. The second-order valence-electron chi connectivity index (χ2n) is 4.78. The van der Waals surface area contributed by atoms with Crippen LogP contribution in [0.1, 0.15) is 24.3 Å². The predicted octanol–water partition coefficient (Wildman–Crippen LogP) is 1.40. The van der Waals surface area contributed by atoms with Crippen LogP contribution in [0, 0.1) is 5.82 Å². The second-order valence-corrected chi connectivity index (χ2v) is 4.78. The lowest BCUT2D eigenvalue weighted by Crippen LogP contribution is -2.36. The molecule has 0 aromatic heterocycles. The number of benzene rings is 1. The Morgan fingerprint density at radius 3 is 2.90 bits per heavy atom. The molecule has 1 aliphatic rings. The van der Waals surface area contributed by atoms with Gasteiger partial charge in [0, 0.05) is 18.7 Å². The first-order valence-corrected chi connectivity index (χ1v) is 6.63. The summed E-state index contributed by atoms with van der Waals surface area (Å²) in [5, 5.41) is 8.40. The Bertz CT molecular complexity index is 525. The maximum atomic E-state index is 13.2. The smallest absolute Gasteiger partial charge is 0.228 e. The molecule has 2 amide bonds. The summed E-state index contributed by atoms with van der Waals surface area (Å²) in [6.45, 7) is 1.36. The predicted molar refractivity (Wildman–Crippen MR) is 81.2 cm³/mol. The molecular weight excluding hydrogens is 297 g/mol. The van der Waals surface area contributed by atoms with Crippen LogP contribution in [0.5, 0.6) is 0 Å². The van der Waals surface area contributed by atoms with Crippen molar-refractivity contribution in [2.45, 2.75) is 18.8 Å². The first-order valence-electron chi connectivity index (χ1n) is 6.63. The van der Waals surface area contributed by atoms with Gasteiger partial charge in [0.2, 0.25) is 11.8 Å². The van der Waals surface area contributed by atoms with Crippen molar-refractivity contribution in [3.8, 4) is 0 Å². The molecule has 0 aliphatic carbocycles. The Balaban J connectivity index is 0.00000220. The number of anilines is 1. The van der Waals surface area contributed by atoms with Gasteiger partial charge in [-0.2, -0.15) is 0 Å². The van der Waals surface area contributed by atoms with E-state index >= 15 is 0 Å². The number of amides is 2. The van der Waals surface area contributed by atoms with Gasteiger partial charge < -0.3 is 16.0 Å². The molecule has 0 bridgehead atoms. The van der Waals surface area contributed by atoms with E-state index in [1.165, 1.54) is 12.1 Å². The third-order valence-corrected chi connectivity index (χ3v) is 3.27. The van der Waals surface area contributed by atoms with Crippen molar-refractivity contribution < 1.29 is 14.0 Å². The minimum atomic E-state index is -0.547. The third kappa shape index (κ3) is 4.41. The van der Waals surface area contributed by atoms with Crippen LogP contribution in [0.4, 0.5) is 10.1 Å². The van der Waals surface area contributed by atoms with Crippen LogP contribution in [0.15, 0.2) is 18.2 Å². The van der Waals surface area contributed by atoms with Gasteiger partial charge in [-0.25, -0.2) is 4.39 Å². The highest BCUT2D eigenvalue weighted by molar-refractivity contribution is 6.01. The van der Waals surface area contributed by atoms with Crippen molar-refractivity contribution >= 4 is 29.9 Å². The average molecular weight is 316 g/mol. The quantitative estimate of drug-likeness (QED) is 0.719.